The van der Waals surface area contributed by atoms with E-state index in [9.17, 15) is 0 Å². The number of aromatic nitrogens is 3. The first-order chi connectivity index (χ1) is 10.1. The van der Waals surface area contributed by atoms with Gasteiger partial charge < -0.3 is 15.2 Å². The first-order valence-corrected chi connectivity index (χ1v) is 7.41. The molecule has 2 N–H and O–H groups in total. The zero-order chi connectivity index (χ0) is 15.2. The molecule has 2 aromatic heterocycles. The van der Waals surface area contributed by atoms with Crippen LogP contribution >= 0.6 is 0 Å². The molecule has 2 rings (SSSR count). The Labute approximate surface area is 125 Å². The van der Waals surface area contributed by atoms with Crippen molar-refractivity contribution < 1.29 is 4.52 Å². The number of aryl methyl sites for hydroxylation is 3. The highest BCUT2D eigenvalue weighted by Crippen LogP contribution is 2.16. The van der Waals surface area contributed by atoms with Gasteiger partial charge in [-0.15, -0.1) is 0 Å². The van der Waals surface area contributed by atoms with Crippen LogP contribution in [0.2, 0.25) is 0 Å². The average molecular weight is 289 g/mol. The number of nitrogens with one attached hydrogen (secondary N) is 2. The molecule has 0 fully saturated rings. The van der Waals surface area contributed by atoms with Gasteiger partial charge >= 0.3 is 0 Å². The molecule has 0 unspecified atom stereocenters. The molecule has 0 amide bonds. The summed E-state index contributed by atoms with van der Waals surface area (Å²) in [7, 11) is 0. The van der Waals surface area contributed by atoms with E-state index in [1.165, 1.54) is 0 Å². The monoisotopic (exact) mass is 289 g/mol. The van der Waals surface area contributed by atoms with Crippen LogP contribution in [0.1, 0.15) is 43.1 Å². The standard InChI is InChI=1S/C15H23N5O/c1-5-7-16-14-8-15(19-13(6-2)18-14)17-9-12-10(3)20-21-11(12)4/h8H,5-7,9H2,1-4H3,(H2,16,17,18,19). The SMILES string of the molecule is CCCNc1cc(NCc2c(C)noc2C)nc(CC)n1. The van der Waals surface area contributed by atoms with Crippen LogP contribution in [0, 0.1) is 13.8 Å². The molecule has 0 saturated carbocycles. The van der Waals surface area contributed by atoms with E-state index in [-0.39, 0.29) is 0 Å². The second-order valence-electron chi connectivity index (χ2n) is 4.99. The molecular formula is C15H23N5O. The van der Waals surface area contributed by atoms with Crippen LogP contribution in [-0.4, -0.2) is 21.7 Å². The van der Waals surface area contributed by atoms with Gasteiger partial charge in [0.15, 0.2) is 0 Å². The highest BCUT2D eigenvalue weighted by atomic mass is 16.5. The van der Waals surface area contributed by atoms with Crippen LogP contribution in [0.3, 0.4) is 0 Å². The summed E-state index contributed by atoms with van der Waals surface area (Å²) in [5.74, 6) is 3.36. The van der Waals surface area contributed by atoms with E-state index >= 15 is 0 Å². The minimum absolute atomic E-state index is 0.647. The molecule has 0 spiro atoms. The normalized spacial score (nSPS) is 10.7. The first kappa shape index (κ1) is 15.3. The second kappa shape index (κ2) is 7.06. The van der Waals surface area contributed by atoms with Gasteiger partial charge in [-0.3, -0.25) is 0 Å². The van der Waals surface area contributed by atoms with E-state index in [2.05, 4.69) is 39.6 Å². The van der Waals surface area contributed by atoms with Gasteiger partial charge in [0.1, 0.15) is 23.2 Å². The number of anilines is 2. The lowest BCUT2D eigenvalue weighted by molar-refractivity contribution is 0.392. The Morgan fingerprint density at radius 3 is 2.38 bits per heavy atom. The van der Waals surface area contributed by atoms with E-state index in [1.54, 1.807) is 0 Å². The minimum Gasteiger partial charge on any atom is -0.370 e. The highest BCUT2D eigenvalue weighted by Gasteiger charge is 2.09. The van der Waals surface area contributed by atoms with Crippen LogP contribution < -0.4 is 10.6 Å². The molecule has 2 heterocycles. The van der Waals surface area contributed by atoms with Crippen molar-refractivity contribution in [2.24, 2.45) is 0 Å². The van der Waals surface area contributed by atoms with Gasteiger partial charge in [-0.05, 0) is 20.3 Å². The molecule has 0 aliphatic rings. The van der Waals surface area contributed by atoms with E-state index in [0.717, 1.165) is 53.9 Å². The van der Waals surface area contributed by atoms with Crippen molar-refractivity contribution in [2.75, 3.05) is 17.2 Å². The van der Waals surface area contributed by atoms with Crippen molar-refractivity contribution in [1.29, 1.82) is 0 Å². The first-order valence-electron chi connectivity index (χ1n) is 7.41. The summed E-state index contributed by atoms with van der Waals surface area (Å²) in [5.41, 5.74) is 1.99. The molecule has 6 nitrogen and oxygen atoms in total. The van der Waals surface area contributed by atoms with Crippen molar-refractivity contribution >= 4 is 11.6 Å². The van der Waals surface area contributed by atoms with Gasteiger partial charge in [0.05, 0.1) is 5.69 Å². The van der Waals surface area contributed by atoms with Gasteiger partial charge in [-0.25, -0.2) is 9.97 Å². The Bertz CT molecular complexity index is 574. The molecule has 0 aliphatic heterocycles. The Morgan fingerprint density at radius 1 is 1.10 bits per heavy atom. The van der Waals surface area contributed by atoms with E-state index in [0.29, 0.717) is 6.54 Å². The quantitative estimate of drug-likeness (QED) is 0.815. The van der Waals surface area contributed by atoms with Crippen molar-refractivity contribution in [2.45, 2.75) is 47.1 Å². The zero-order valence-corrected chi connectivity index (χ0v) is 13.2. The van der Waals surface area contributed by atoms with Gasteiger partial charge in [-0.2, -0.15) is 0 Å². The summed E-state index contributed by atoms with van der Waals surface area (Å²) < 4.78 is 5.17. The molecule has 2 aromatic rings. The summed E-state index contributed by atoms with van der Waals surface area (Å²) in [5, 5.41) is 10.6. The smallest absolute Gasteiger partial charge is 0.138 e. The lowest BCUT2D eigenvalue weighted by Crippen LogP contribution is -2.09. The van der Waals surface area contributed by atoms with Crippen molar-refractivity contribution in [3.63, 3.8) is 0 Å². The van der Waals surface area contributed by atoms with Crippen LogP contribution in [0.25, 0.3) is 0 Å². The summed E-state index contributed by atoms with van der Waals surface area (Å²) in [6.07, 6.45) is 1.87. The fourth-order valence-corrected chi connectivity index (χ4v) is 2.02. The van der Waals surface area contributed by atoms with Gasteiger partial charge in [0, 0.05) is 31.1 Å². The number of nitrogens with zero attached hydrogens (tertiary/aromatic N) is 3. The summed E-state index contributed by atoms with van der Waals surface area (Å²) in [4.78, 5) is 8.98. The molecule has 6 heteroatoms. The lowest BCUT2D eigenvalue weighted by atomic mass is 10.2. The summed E-state index contributed by atoms with van der Waals surface area (Å²) in [6, 6.07) is 1.94. The average Bonchev–Trinajstić information content (AvgIpc) is 2.81. The second-order valence-corrected chi connectivity index (χ2v) is 4.99. The third-order valence-corrected chi connectivity index (χ3v) is 3.27. The molecule has 0 aromatic carbocycles. The Hall–Kier alpha value is -2.11. The molecule has 0 bridgehead atoms. The fourth-order valence-electron chi connectivity index (χ4n) is 2.02. The van der Waals surface area contributed by atoms with Gasteiger partial charge in [-0.1, -0.05) is 19.0 Å². The molecule has 0 atom stereocenters. The Morgan fingerprint density at radius 2 is 1.81 bits per heavy atom. The largest absolute Gasteiger partial charge is 0.370 e. The lowest BCUT2D eigenvalue weighted by Gasteiger charge is -2.10. The minimum atomic E-state index is 0.647. The zero-order valence-electron chi connectivity index (χ0n) is 13.2. The summed E-state index contributed by atoms with van der Waals surface area (Å²) >= 11 is 0. The van der Waals surface area contributed by atoms with Crippen molar-refractivity contribution in [3.05, 3.63) is 28.9 Å². The topological polar surface area (TPSA) is 75.9 Å². The maximum absolute atomic E-state index is 5.17. The maximum atomic E-state index is 5.17. The van der Waals surface area contributed by atoms with Crippen LogP contribution in [0.5, 0.6) is 0 Å². The Kier molecular flexibility index (Phi) is 5.14. The fraction of sp³-hybridized carbons (Fsp3) is 0.533. The van der Waals surface area contributed by atoms with Crippen LogP contribution in [-0.2, 0) is 13.0 Å². The number of hydrogen-bond acceptors (Lipinski definition) is 6. The van der Waals surface area contributed by atoms with E-state index < -0.39 is 0 Å². The Balaban J connectivity index is 2.11. The van der Waals surface area contributed by atoms with Crippen molar-refractivity contribution in [3.8, 4) is 0 Å². The summed E-state index contributed by atoms with van der Waals surface area (Å²) in [6.45, 7) is 9.60. The number of rotatable bonds is 7. The van der Waals surface area contributed by atoms with Crippen LogP contribution in [0.4, 0.5) is 11.6 Å². The van der Waals surface area contributed by atoms with Gasteiger partial charge in [0.25, 0.3) is 0 Å². The number of hydrogen-bond donors (Lipinski definition) is 2. The highest BCUT2D eigenvalue weighted by molar-refractivity contribution is 5.48. The predicted octanol–water partition coefficient (Wildman–Crippen LogP) is 3.08. The molecule has 0 aliphatic carbocycles. The molecule has 0 radical (unpaired) electrons. The predicted molar refractivity (Wildman–Crippen MR) is 83.5 cm³/mol. The third-order valence-electron chi connectivity index (χ3n) is 3.27. The molecule has 21 heavy (non-hydrogen) atoms. The third kappa shape index (κ3) is 3.93. The van der Waals surface area contributed by atoms with Gasteiger partial charge in [0.2, 0.25) is 0 Å². The van der Waals surface area contributed by atoms with Crippen LogP contribution in [0.15, 0.2) is 10.6 Å². The maximum Gasteiger partial charge on any atom is 0.138 e. The molecule has 0 saturated heterocycles. The van der Waals surface area contributed by atoms with Crippen molar-refractivity contribution in [1.82, 2.24) is 15.1 Å². The van der Waals surface area contributed by atoms with E-state index in [4.69, 9.17) is 4.52 Å². The molecular weight excluding hydrogens is 266 g/mol. The van der Waals surface area contributed by atoms with E-state index in [1.807, 2.05) is 19.9 Å². The molecule has 114 valence electrons.